The molecule has 1 fully saturated rings. The van der Waals surface area contributed by atoms with Gasteiger partial charge in [0.15, 0.2) is 17.4 Å². The first-order valence-corrected chi connectivity index (χ1v) is 9.49. The molecular formula is C20H21N5O4. The minimum atomic E-state index is -0.458. The number of H-pyrrole nitrogens is 1. The van der Waals surface area contributed by atoms with Gasteiger partial charge in [0.25, 0.3) is 0 Å². The van der Waals surface area contributed by atoms with Gasteiger partial charge in [-0.15, -0.1) is 0 Å². The normalized spacial score (nSPS) is 16.5. The van der Waals surface area contributed by atoms with Gasteiger partial charge in [-0.1, -0.05) is 0 Å². The van der Waals surface area contributed by atoms with E-state index in [4.69, 9.17) is 9.47 Å². The van der Waals surface area contributed by atoms with Gasteiger partial charge in [0, 0.05) is 35.7 Å². The third-order valence-corrected chi connectivity index (χ3v) is 4.77. The molecule has 0 spiro atoms. The molecule has 1 aliphatic heterocycles. The first-order valence-electron chi connectivity index (χ1n) is 9.49. The lowest BCUT2D eigenvalue weighted by Gasteiger charge is -2.22. The van der Waals surface area contributed by atoms with Crippen molar-refractivity contribution >= 4 is 5.69 Å². The number of hydrogen-bond donors (Lipinski definition) is 1. The molecule has 0 radical (unpaired) electrons. The summed E-state index contributed by atoms with van der Waals surface area (Å²) in [6.45, 7) is 2.90. The van der Waals surface area contributed by atoms with Crippen LogP contribution in [0.3, 0.4) is 0 Å². The van der Waals surface area contributed by atoms with E-state index in [1.54, 1.807) is 18.3 Å². The highest BCUT2D eigenvalue weighted by atomic mass is 16.6. The molecule has 0 aliphatic carbocycles. The molecule has 1 N–H and O–H groups in total. The second kappa shape index (κ2) is 8.36. The maximum absolute atomic E-state index is 11.6. The van der Waals surface area contributed by atoms with Crippen molar-refractivity contribution in [1.82, 2.24) is 20.2 Å². The molecule has 29 heavy (non-hydrogen) atoms. The number of aromatic nitrogens is 4. The Bertz CT molecular complexity index is 1010. The summed E-state index contributed by atoms with van der Waals surface area (Å²) in [6.07, 6.45) is 4.70. The van der Waals surface area contributed by atoms with Gasteiger partial charge >= 0.3 is 5.69 Å². The number of hydrogen-bond acceptors (Lipinski definition) is 7. The number of aromatic amines is 1. The predicted molar refractivity (Wildman–Crippen MR) is 106 cm³/mol. The summed E-state index contributed by atoms with van der Waals surface area (Å²) in [5.41, 5.74) is 2.12. The minimum Gasteiger partial charge on any atom is -0.484 e. The van der Waals surface area contributed by atoms with Gasteiger partial charge in [-0.25, -0.2) is 4.98 Å². The predicted octanol–water partition coefficient (Wildman–Crippen LogP) is 3.70. The van der Waals surface area contributed by atoms with E-state index in [0.717, 1.165) is 30.5 Å². The van der Waals surface area contributed by atoms with Crippen LogP contribution in [-0.4, -0.2) is 44.4 Å². The van der Waals surface area contributed by atoms with Crippen molar-refractivity contribution in [3.63, 3.8) is 0 Å². The van der Waals surface area contributed by atoms with E-state index < -0.39 is 4.92 Å². The molecule has 4 rings (SSSR count). The van der Waals surface area contributed by atoms with Gasteiger partial charge in [-0.2, -0.15) is 5.10 Å². The van der Waals surface area contributed by atoms with E-state index in [9.17, 15) is 10.1 Å². The zero-order chi connectivity index (χ0) is 20.2. The highest BCUT2D eigenvalue weighted by Gasteiger charge is 2.21. The van der Waals surface area contributed by atoms with Crippen LogP contribution in [0.5, 0.6) is 5.75 Å². The Balaban J connectivity index is 1.55. The number of benzene rings is 1. The smallest absolute Gasteiger partial charge is 0.311 e. The molecule has 1 atom stereocenters. The number of nitro groups is 1. The molecular weight excluding hydrogens is 374 g/mol. The number of nitro benzene ring substituents is 1. The molecule has 3 heterocycles. The molecule has 2 aromatic heterocycles. The largest absolute Gasteiger partial charge is 0.484 e. The van der Waals surface area contributed by atoms with Crippen LogP contribution in [0.15, 0.2) is 36.5 Å². The number of nitrogens with one attached hydrogen (secondary N) is 1. The van der Waals surface area contributed by atoms with Gasteiger partial charge in [0.2, 0.25) is 0 Å². The van der Waals surface area contributed by atoms with Crippen LogP contribution >= 0.6 is 0 Å². The molecule has 0 saturated carbocycles. The Labute approximate surface area is 167 Å². The molecule has 0 bridgehead atoms. The molecule has 0 amide bonds. The molecule has 1 aliphatic rings. The maximum Gasteiger partial charge on any atom is 0.311 e. The zero-order valence-corrected chi connectivity index (χ0v) is 16.0. The summed E-state index contributed by atoms with van der Waals surface area (Å²) < 4.78 is 11.3. The molecule has 9 heteroatoms. The number of ether oxygens (including phenoxy) is 2. The van der Waals surface area contributed by atoms with Crippen LogP contribution in [0.4, 0.5) is 5.69 Å². The van der Waals surface area contributed by atoms with Crippen LogP contribution in [0.1, 0.15) is 25.0 Å². The fourth-order valence-electron chi connectivity index (χ4n) is 3.26. The van der Waals surface area contributed by atoms with Gasteiger partial charge in [0.1, 0.15) is 6.61 Å². The van der Waals surface area contributed by atoms with E-state index in [1.165, 1.54) is 6.07 Å². The summed E-state index contributed by atoms with van der Waals surface area (Å²) >= 11 is 0. The molecule has 1 saturated heterocycles. The lowest BCUT2D eigenvalue weighted by molar-refractivity contribution is -0.385. The average Bonchev–Trinajstić information content (AvgIpc) is 3.23. The standard InChI is InChI=1S/C20H21N5O4/c1-13-10-15(7-8-21-13)20-22-19(23-24-20)14-5-6-18(17(11-14)25(26)27)29-12-16-4-2-3-9-28-16/h5-8,10-11,16H,2-4,9,12H2,1H3,(H,22,23,24). The summed E-state index contributed by atoms with van der Waals surface area (Å²) in [6, 6.07) is 8.45. The van der Waals surface area contributed by atoms with Gasteiger partial charge in [-0.05, 0) is 50.5 Å². The zero-order valence-electron chi connectivity index (χ0n) is 16.0. The first-order chi connectivity index (χ1) is 14.1. The summed E-state index contributed by atoms with van der Waals surface area (Å²) in [5.74, 6) is 1.16. The third kappa shape index (κ3) is 4.40. The Morgan fingerprint density at radius 3 is 2.93 bits per heavy atom. The van der Waals surface area contributed by atoms with Gasteiger partial charge in [0.05, 0.1) is 11.0 Å². The first kappa shape index (κ1) is 19.0. The van der Waals surface area contributed by atoms with Crippen molar-refractivity contribution in [1.29, 1.82) is 0 Å². The summed E-state index contributed by atoms with van der Waals surface area (Å²) in [7, 11) is 0. The van der Waals surface area contributed by atoms with E-state index in [1.807, 2.05) is 19.1 Å². The van der Waals surface area contributed by atoms with E-state index >= 15 is 0 Å². The summed E-state index contributed by atoms with van der Waals surface area (Å²) in [5, 5.41) is 18.6. The monoisotopic (exact) mass is 395 g/mol. The Morgan fingerprint density at radius 1 is 1.28 bits per heavy atom. The molecule has 3 aromatic rings. The fraction of sp³-hybridized carbons (Fsp3) is 0.350. The summed E-state index contributed by atoms with van der Waals surface area (Å²) in [4.78, 5) is 19.7. The third-order valence-electron chi connectivity index (χ3n) is 4.77. The molecule has 1 aromatic carbocycles. The topological polar surface area (TPSA) is 116 Å². The van der Waals surface area contributed by atoms with Crippen molar-refractivity contribution in [3.8, 4) is 28.5 Å². The van der Waals surface area contributed by atoms with Crippen molar-refractivity contribution in [2.45, 2.75) is 32.3 Å². The van der Waals surface area contributed by atoms with Crippen LogP contribution in [0.25, 0.3) is 22.8 Å². The highest BCUT2D eigenvalue weighted by Crippen LogP contribution is 2.32. The number of rotatable bonds is 6. The quantitative estimate of drug-likeness (QED) is 0.500. The van der Waals surface area contributed by atoms with Crippen LogP contribution in [0, 0.1) is 17.0 Å². The second-order valence-corrected chi connectivity index (χ2v) is 6.93. The average molecular weight is 395 g/mol. The van der Waals surface area contributed by atoms with E-state index in [2.05, 4.69) is 20.2 Å². The maximum atomic E-state index is 11.6. The Hall–Kier alpha value is -3.33. The molecule has 150 valence electrons. The number of nitrogens with zero attached hydrogens (tertiary/aromatic N) is 4. The minimum absolute atomic E-state index is 0.0255. The van der Waals surface area contributed by atoms with Crippen LogP contribution in [0.2, 0.25) is 0 Å². The van der Waals surface area contributed by atoms with Crippen molar-refractivity contribution in [2.75, 3.05) is 13.2 Å². The van der Waals surface area contributed by atoms with Crippen LogP contribution in [-0.2, 0) is 4.74 Å². The SMILES string of the molecule is Cc1cc(-c2nc(-c3ccc(OCC4CCCCO4)c([N+](=O)[O-])c3)n[nH]2)ccn1. The van der Waals surface area contributed by atoms with Gasteiger partial charge in [-0.3, -0.25) is 20.2 Å². The fourth-order valence-corrected chi connectivity index (χ4v) is 3.26. The highest BCUT2D eigenvalue weighted by molar-refractivity contribution is 5.66. The van der Waals surface area contributed by atoms with Crippen molar-refractivity contribution < 1.29 is 14.4 Å². The molecule has 9 nitrogen and oxygen atoms in total. The lowest BCUT2D eigenvalue weighted by Crippen LogP contribution is -2.25. The van der Waals surface area contributed by atoms with E-state index in [0.29, 0.717) is 30.4 Å². The van der Waals surface area contributed by atoms with Gasteiger partial charge < -0.3 is 9.47 Å². The second-order valence-electron chi connectivity index (χ2n) is 6.93. The van der Waals surface area contributed by atoms with Crippen molar-refractivity contribution in [3.05, 3.63) is 52.3 Å². The van der Waals surface area contributed by atoms with E-state index in [-0.39, 0.29) is 17.5 Å². The number of pyridine rings is 1. The Kier molecular flexibility index (Phi) is 5.48. The lowest BCUT2D eigenvalue weighted by atomic mass is 10.1. The molecule has 1 unspecified atom stereocenters. The van der Waals surface area contributed by atoms with Crippen LogP contribution < -0.4 is 4.74 Å². The Morgan fingerprint density at radius 2 is 2.17 bits per heavy atom. The number of aryl methyl sites for hydroxylation is 1. The van der Waals surface area contributed by atoms with Crippen molar-refractivity contribution in [2.24, 2.45) is 0 Å².